The Kier molecular flexibility index (Phi) is 6.81. The molecule has 2 atom stereocenters. The van der Waals surface area contributed by atoms with Crippen LogP contribution < -0.4 is 10.6 Å². The zero-order valence-corrected chi connectivity index (χ0v) is 12.6. The third-order valence-electron chi connectivity index (χ3n) is 3.58. The number of anilines is 1. The van der Waals surface area contributed by atoms with E-state index >= 15 is 0 Å². The second-order valence-corrected chi connectivity index (χ2v) is 4.90. The van der Waals surface area contributed by atoms with Crippen LogP contribution in [-0.2, 0) is 4.74 Å². The quantitative estimate of drug-likeness (QED) is 0.785. The van der Waals surface area contributed by atoms with Crippen LogP contribution in [0.2, 0.25) is 0 Å². The molecule has 0 aliphatic carbocycles. The molecule has 19 heavy (non-hydrogen) atoms. The van der Waals surface area contributed by atoms with Crippen LogP contribution in [0.15, 0.2) is 18.3 Å². The first-order chi connectivity index (χ1) is 9.13. The number of rotatable bonds is 8. The first kappa shape index (κ1) is 15.9. The molecule has 1 aromatic heterocycles. The van der Waals surface area contributed by atoms with Crippen LogP contribution in [0.5, 0.6) is 0 Å². The first-order valence-corrected chi connectivity index (χ1v) is 7.11. The Morgan fingerprint density at radius 3 is 2.53 bits per heavy atom. The minimum Gasteiger partial charge on any atom is -0.383 e. The standard InChI is InChI=1S/C15H27N3O/c1-5-12(3)18(9-10-19-4)13-7-8-15(17-11-13)14(16)6-2/h7-8,11-12,14H,5-6,9-10,16H2,1-4H3/t12?,14-/m1/s1. The van der Waals surface area contributed by atoms with Gasteiger partial charge < -0.3 is 15.4 Å². The Labute approximate surface area is 117 Å². The predicted molar refractivity (Wildman–Crippen MR) is 80.4 cm³/mol. The van der Waals surface area contributed by atoms with Gasteiger partial charge in [0.15, 0.2) is 0 Å². The monoisotopic (exact) mass is 265 g/mol. The van der Waals surface area contributed by atoms with E-state index in [0.29, 0.717) is 6.04 Å². The summed E-state index contributed by atoms with van der Waals surface area (Å²) in [5, 5.41) is 0. The van der Waals surface area contributed by atoms with E-state index in [9.17, 15) is 0 Å². The highest BCUT2D eigenvalue weighted by molar-refractivity contribution is 5.45. The van der Waals surface area contributed by atoms with Crippen molar-refractivity contribution in [3.63, 3.8) is 0 Å². The fraction of sp³-hybridized carbons (Fsp3) is 0.667. The predicted octanol–water partition coefficient (Wildman–Crippen LogP) is 2.74. The van der Waals surface area contributed by atoms with Gasteiger partial charge in [-0.1, -0.05) is 13.8 Å². The molecule has 0 saturated carbocycles. The van der Waals surface area contributed by atoms with Crippen molar-refractivity contribution in [1.29, 1.82) is 0 Å². The lowest BCUT2D eigenvalue weighted by Gasteiger charge is -2.30. The fourth-order valence-corrected chi connectivity index (χ4v) is 2.01. The Morgan fingerprint density at radius 2 is 2.05 bits per heavy atom. The number of hydrogen-bond donors (Lipinski definition) is 1. The molecular weight excluding hydrogens is 238 g/mol. The van der Waals surface area contributed by atoms with E-state index in [1.165, 1.54) is 0 Å². The van der Waals surface area contributed by atoms with Crippen LogP contribution in [0.1, 0.15) is 45.3 Å². The summed E-state index contributed by atoms with van der Waals surface area (Å²) < 4.78 is 5.19. The smallest absolute Gasteiger partial charge is 0.0637 e. The number of nitrogens with zero attached hydrogens (tertiary/aromatic N) is 2. The summed E-state index contributed by atoms with van der Waals surface area (Å²) in [6.07, 6.45) is 3.93. The van der Waals surface area contributed by atoms with Crippen molar-refractivity contribution in [2.45, 2.75) is 45.7 Å². The topological polar surface area (TPSA) is 51.4 Å². The molecule has 0 amide bonds. The summed E-state index contributed by atoms with van der Waals surface area (Å²) in [5.41, 5.74) is 8.09. The second kappa shape index (κ2) is 8.12. The van der Waals surface area contributed by atoms with Gasteiger partial charge in [-0.2, -0.15) is 0 Å². The molecule has 4 heteroatoms. The van der Waals surface area contributed by atoms with E-state index < -0.39 is 0 Å². The Balaban J connectivity index is 2.84. The van der Waals surface area contributed by atoms with Gasteiger partial charge in [-0.25, -0.2) is 0 Å². The molecule has 0 spiro atoms. The van der Waals surface area contributed by atoms with Crippen molar-refractivity contribution in [3.8, 4) is 0 Å². The van der Waals surface area contributed by atoms with Crippen LogP contribution >= 0.6 is 0 Å². The molecule has 0 aliphatic heterocycles. The molecule has 0 aromatic carbocycles. The van der Waals surface area contributed by atoms with Crippen molar-refractivity contribution in [2.75, 3.05) is 25.2 Å². The lowest BCUT2D eigenvalue weighted by atomic mass is 10.1. The van der Waals surface area contributed by atoms with Gasteiger partial charge in [-0.05, 0) is 31.9 Å². The van der Waals surface area contributed by atoms with Gasteiger partial charge in [-0.3, -0.25) is 4.98 Å². The summed E-state index contributed by atoms with van der Waals surface area (Å²) in [4.78, 5) is 6.82. The normalized spacial score (nSPS) is 14.2. The van der Waals surface area contributed by atoms with Crippen molar-refractivity contribution >= 4 is 5.69 Å². The van der Waals surface area contributed by atoms with Crippen molar-refractivity contribution in [3.05, 3.63) is 24.0 Å². The SMILES string of the molecule is CCC(C)N(CCOC)c1ccc([C@H](N)CC)nc1. The maximum atomic E-state index is 5.99. The summed E-state index contributed by atoms with van der Waals surface area (Å²) in [7, 11) is 1.73. The Hall–Kier alpha value is -1.13. The number of pyridine rings is 1. The van der Waals surface area contributed by atoms with Crippen molar-refractivity contribution in [1.82, 2.24) is 4.98 Å². The van der Waals surface area contributed by atoms with E-state index in [-0.39, 0.29) is 6.04 Å². The van der Waals surface area contributed by atoms with Gasteiger partial charge in [0, 0.05) is 25.7 Å². The zero-order valence-electron chi connectivity index (χ0n) is 12.6. The third-order valence-corrected chi connectivity index (χ3v) is 3.58. The van der Waals surface area contributed by atoms with Crippen LogP contribution in [0.4, 0.5) is 5.69 Å². The number of methoxy groups -OCH3 is 1. The highest BCUT2D eigenvalue weighted by Crippen LogP contribution is 2.20. The highest BCUT2D eigenvalue weighted by atomic mass is 16.5. The van der Waals surface area contributed by atoms with Gasteiger partial charge in [0.25, 0.3) is 0 Å². The number of hydrogen-bond acceptors (Lipinski definition) is 4. The molecule has 1 unspecified atom stereocenters. The lowest BCUT2D eigenvalue weighted by Crippen LogP contribution is -2.35. The average molecular weight is 265 g/mol. The van der Waals surface area contributed by atoms with Crippen LogP contribution in [-0.4, -0.2) is 31.3 Å². The van der Waals surface area contributed by atoms with Gasteiger partial charge in [-0.15, -0.1) is 0 Å². The van der Waals surface area contributed by atoms with Crippen LogP contribution in [0.3, 0.4) is 0 Å². The number of nitrogens with two attached hydrogens (primary N) is 1. The molecule has 108 valence electrons. The van der Waals surface area contributed by atoms with E-state index in [1.54, 1.807) is 7.11 Å². The maximum Gasteiger partial charge on any atom is 0.0637 e. The molecule has 0 radical (unpaired) electrons. The Morgan fingerprint density at radius 1 is 1.32 bits per heavy atom. The average Bonchev–Trinajstić information content (AvgIpc) is 2.47. The lowest BCUT2D eigenvalue weighted by molar-refractivity contribution is 0.203. The van der Waals surface area contributed by atoms with E-state index in [2.05, 4.69) is 36.7 Å². The van der Waals surface area contributed by atoms with Gasteiger partial charge in [0.1, 0.15) is 0 Å². The van der Waals surface area contributed by atoms with E-state index in [1.807, 2.05) is 12.3 Å². The summed E-state index contributed by atoms with van der Waals surface area (Å²) in [5.74, 6) is 0. The molecule has 0 aliphatic rings. The summed E-state index contributed by atoms with van der Waals surface area (Å²) in [6.45, 7) is 8.10. The van der Waals surface area contributed by atoms with Gasteiger partial charge >= 0.3 is 0 Å². The molecule has 1 aromatic rings. The number of ether oxygens (including phenoxy) is 1. The molecule has 0 saturated heterocycles. The molecule has 2 N–H and O–H groups in total. The molecule has 1 rings (SSSR count). The van der Waals surface area contributed by atoms with Crippen molar-refractivity contribution < 1.29 is 4.74 Å². The fourth-order valence-electron chi connectivity index (χ4n) is 2.01. The number of aromatic nitrogens is 1. The molecule has 4 nitrogen and oxygen atoms in total. The third kappa shape index (κ3) is 4.48. The zero-order chi connectivity index (χ0) is 14.3. The van der Waals surface area contributed by atoms with Crippen molar-refractivity contribution in [2.24, 2.45) is 5.73 Å². The highest BCUT2D eigenvalue weighted by Gasteiger charge is 2.14. The maximum absolute atomic E-state index is 5.99. The van der Waals surface area contributed by atoms with E-state index in [0.717, 1.165) is 37.4 Å². The minimum atomic E-state index is 0.0325. The summed E-state index contributed by atoms with van der Waals surface area (Å²) in [6, 6.07) is 4.65. The van der Waals surface area contributed by atoms with Crippen LogP contribution in [0, 0.1) is 0 Å². The largest absolute Gasteiger partial charge is 0.383 e. The first-order valence-electron chi connectivity index (χ1n) is 7.11. The molecule has 0 bridgehead atoms. The summed E-state index contributed by atoms with van der Waals surface area (Å²) >= 11 is 0. The minimum absolute atomic E-state index is 0.0325. The van der Waals surface area contributed by atoms with E-state index in [4.69, 9.17) is 10.5 Å². The molecule has 1 heterocycles. The second-order valence-electron chi connectivity index (χ2n) is 4.90. The van der Waals surface area contributed by atoms with Gasteiger partial charge in [0.2, 0.25) is 0 Å². The Bertz CT molecular complexity index is 353. The molecule has 0 fully saturated rings. The molecular formula is C15H27N3O. The van der Waals surface area contributed by atoms with Crippen LogP contribution in [0.25, 0.3) is 0 Å². The van der Waals surface area contributed by atoms with Gasteiger partial charge in [0.05, 0.1) is 24.2 Å².